The summed E-state index contributed by atoms with van der Waals surface area (Å²) in [7, 11) is 1.54. The first-order valence-electron chi connectivity index (χ1n) is 7.16. The van der Waals surface area contributed by atoms with Crippen LogP contribution < -0.4 is 4.74 Å². The molecule has 0 amide bonds. The van der Waals surface area contributed by atoms with Gasteiger partial charge in [0.1, 0.15) is 11.6 Å². The number of rotatable bonds is 5. The molecule has 0 aliphatic heterocycles. The Hall–Kier alpha value is -2.74. The lowest BCUT2D eigenvalue weighted by Gasteiger charge is -2.04. The molecule has 3 aromatic rings. The normalized spacial score (nSPS) is 10.5. The molecule has 0 unspecified atom stereocenters. The molecule has 0 N–H and O–H groups in total. The van der Waals surface area contributed by atoms with Crippen LogP contribution in [0.2, 0.25) is 0 Å². The molecule has 0 spiro atoms. The molecule has 0 saturated heterocycles. The molecule has 2 aromatic carbocycles. The van der Waals surface area contributed by atoms with E-state index in [4.69, 9.17) is 14.0 Å². The van der Waals surface area contributed by atoms with Crippen LogP contribution >= 0.6 is 15.9 Å². The average molecular weight is 407 g/mol. The monoisotopic (exact) mass is 406 g/mol. The number of carbonyl (C=O) groups excluding carboxylic acids is 1. The number of methoxy groups -OCH3 is 1. The fourth-order valence-corrected chi connectivity index (χ4v) is 2.47. The van der Waals surface area contributed by atoms with Crippen molar-refractivity contribution < 1.29 is 23.2 Å². The number of benzene rings is 2. The first kappa shape index (κ1) is 17.1. The van der Waals surface area contributed by atoms with Crippen LogP contribution in [0.1, 0.15) is 16.2 Å². The zero-order chi connectivity index (χ0) is 17.8. The van der Waals surface area contributed by atoms with E-state index in [1.807, 2.05) is 12.1 Å². The molecule has 1 aromatic heterocycles. The lowest BCUT2D eigenvalue weighted by molar-refractivity contribution is 0.0424. The van der Waals surface area contributed by atoms with E-state index in [9.17, 15) is 9.18 Å². The molecule has 0 radical (unpaired) electrons. The summed E-state index contributed by atoms with van der Waals surface area (Å²) < 4.78 is 29.6. The molecular weight excluding hydrogens is 395 g/mol. The predicted molar refractivity (Wildman–Crippen MR) is 89.5 cm³/mol. The van der Waals surface area contributed by atoms with Crippen molar-refractivity contribution in [3.05, 3.63) is 64.2 Å². The number of nitrogens with zero attached hydrogens (tertiary/aromatic N) is 2. The van der Waals surface area contributed by atoms with Crippen molar-refractivity contribution in [3.8, 4) is 17.1 Å². The minimum Gasteiger partial charge on any atom is -0.496 e. The molecule has 0 aliphatic rings. The van der Waals surface area contributed by atoms with Crippen LogP contribution in [0.15, 0.2) is 51.5 Å². The summed E-state index contributed by atoms with van der Waals surface area (Å²) in [6, 6.07) is 11.2. The number of para-hydroxylation sites is 1. The summed E-state index contributed by atoms with van der Waals surface area (Å²) in [6.07, 6.45) is 0. The maximum absolute atomic E-state index is 13.7. The number of halogens is 2. The molecular formula is C17H12BrFN2O4. The van der Waals surface area contributed by atoms with E-state index in [0.29, 0.717) is 21.6 Å². The summed E-state index contributed by atoms with van der Waals surface area (Å²) in [4.78, 5) is 16.1. The van der Waals surface area contributed by atoms with Gasteiger partial charge in [-0.15, -0.1) is 0 Å². The second-order valence-corrected chi connectivity index (χ2v) is 5.83. The summed E-state index contributed by atoms with van der Waals surface area (Å²) in [5, 5.41) is 3.84. The highest BCUT2D eigenvalue weighted by atomic mass is 79.9. The Morgan fingerprint density at radius 2 is 2.08 bits per heavy atom. The Kier molecular flexibility index (Phi) is 5.08. The Morgan fingerprint density at radius 3 is 2.88 bits per heavy atom. The highest BCUT2D eigenvalue weighted by Crippen LogP contribution is 2.27. The van der Waals surface area contributed by atoms with Gasteiger partial charge < -0.3 is 14.0 Å². The first-order valence-corrected chi connectivity index (χ1v) is 7.96. The maximum atomic E-state index is 13.7. The van der Waals surface area contributed by atoms with Gasteiger partial charge in [0, 0.05) is 4.47 Å². The molecule has 0 atom stereocenters. The Morgan fingerprint density at radius 1 is 1.28 bits per heavy atom. The van der Waals surface area contributed by atoms with Crippen LogP contribution in [0.25, 0.3) is 11.4 Å². The van der Waals surface area contributed by atoms with E-state index in [-0.39, 0.29) is 18.1 Å². The molecule has 128 valence electrons. The van der Waals surface area contributed by atoms with Crippen LogP contribution in [-0.2, 0) is 11.3 Å². The Balaban J connectivity index is 1.72. The molecule has 1 heterocycles. The third kappa shape index (κ3) is 3.85. The van der Waals surface area contributed by atoms with Crippen LogP contribution in [0, 0.1) is 5.82 Å². The standard InChI is InChI=1S/C17H12BrFN2O4/c1-23-14-5-3-2-4-11(14)16-20-15(25-21-16)9-24-17(22)12-8-10(18)6-7-13(12)19/h2-8H,9H2,1H3. The fraction of sp³-hybridized carbons (Fsp3) is 0.118. The lowest BCUT2D eigenvalue weighted by Crippen LogP contribution is -2.07. The van der Waals surface area contributed by atoms with Crippen molar-refractivity contribution in [1.29, 1.82) is 0 Å². The molecule has 0 bridgehead atoms. The third-order valence-electron chi connectivity index (χ3n) is 3.29. The van der Waals surface area contributed by atoms with Gasteiger partial charge in [-0.3, -0.25) is 0 Å². The van der Waals surface area contributed by atoms with Gasteiger partial charge >= 0.3 is 5.97 Å². The summed E-state index contributed by atoms with van der Waals surface area (Å²) >= 11 is 3.18. The number of carbonyl (C=O) groups is 1. The topological polar surface area (TPSA) is 74.5 Å². The summed E-state index contributed by atoms with van der Waals surface area (Å²) in [6.45, 7) is -0.271. The zero-order valence-corrected chi connectivity index (χ0v) is 14.6. The number of esters is 1. The van der Waals surface area contributed by atoms with E-state index in [1.54, 1.807) is 12.1 Å². The van der Waals surface area contributed by atoms with Gasteiger partial charge in [0.15, 0.2) is 6.61 Å². The van der Waals surface area contributed by atoms with Gasteiger partial charge in [0.05, 0.1) is 18.2 Å². The van der Waals surface area contributed by atoms with Crippen molar-refractivity contribution in [2.45, 2.75) is 6.61 Å². The van der Waals surface area contributed by atoms with Crippen molar-refractivity contribution in [3.63, 3.8) is 0 Å². The number of ether oxygens (including phenoxy) is 2. The molecule has 3 rings (SSSR count). The number of hydrogen-bond acceptors (Lipinski definition) is 6. The Labute approximate surface area is 150 Å². The SMILES string of the molecule is COc1ccccc1-c1noc(COC(=O)c2cc(Br)ccc2F)n1. The quantitative estimate of drug-likeness (QED) is 0.596. The highest BCUT2D eigenvalue weighted by Gasteiger charge is 2.17. The van der Waals surface area contributed by atoms with Crippen molar-refractivity contribution >= 4 is 21.9 Å². The third-order valence-corrected chi connectivity index (χ3v) is 3.78. The van der Waals surface area contributed by atoms with Gasteiger partial charge in [-0.1, -0.05) is 33.2 Å². The fourth-order valence-electron chi connectivity index (χ4n) is 2.11. The van der Waals surface area contributed by atoms with Crippen LogP contribution in [-0.4, -0.2) is 23.2 Å². The lowest BCUT2D eigenvalue weighted by atomic mass is 10.2. The van der Waals surface area contributed by atoms with Crippen LogP contribution in [0.3, 0.4) is 0 Å². The maximum Gasteiger partial charge on any atom is 0.341 e. The summed E-state index contributed by atoms with van der Waals surface area (Å²) in [5.74, 6) is -0.519. The zero-order valence-electron chi connectivity index (χ0n) is 13.0. The van der Waals surface area contributed by atoms with Gasteiger partial charge in [0.25, 0.3) is 5.89 Å². The van der Waals surface area contributed by atoms with E-state index in [1.165, 1.54) is 25.3 Å². The molecule has 8 heteroatoms. The van der Waals surface area contributed by atoms with Crippen LogP contribution in [0.5, 0.6) is 5.75 Å². The van der Waals surface area contributed by atoms with E-state index < -0.39 is 11.8 Å². The largest absolute Gasteiger partial charge is 0.496 e. The molecule has 0 fully saturated rings. The van der Waals surface area contributed by atoms with Crippen LogP contribution in [0.4, 0.5) is 4.39 Å². The second-order valence-electron chi connectivity index (χ2n) is 4.91. The van der Waals surface area contributed by atoms with Gasteiger partial charge in [0.2, 0.25) is 5.82 Å². The number of aromatic nitrogens is 2. The number of hydrogen-bond donors (Lipinski definition) is 0. The van der Waals surface area contributed by atoms with Gasteiger partial charge in [-0.2, -0.15) is 4.98 Å². The van der Waals surface area contributed by atoms with E-state index in [2.05, 4.69) is 26.1 Å². The highest BCUT2D eigenvalue weighted by molar-refractivity contribution is 9.10. The molecule has 0 saturated carbocycles. The predicted octanol–water partition coefficient (Wildman–Crippen LogP) is 4.00. The first-order chi connectivity index (χ1) is 12.1. The minimum absolute atomic E-state index is 0.0876. The average Bonchev–Trinajstić information content (AvgIpc) is 3.10. The van der Waals surface area contributed by atoms with E-state index >= 15 is 0 Å². The van der Waals surface area contributed by atoms with Gasteiger partial charge in [-0.05, 0) is 30.3 Å². The molecule has 25 heavy (non-hydrogen) atoms. The van der Waals surface area contributed by atoms with Crippen molar-refractivity contribution in [2.75, 3.05) is 7.11 Å². The van der Waals surface area contributed by atoms with Crippen molar-refractivity contribution in [1.82, 2.24) is 10.1 Å². The minimum atomic E-state index is -0.823. The van der Waals surface area contributed by atoms with Gasteiger partial charge in [-0.25, -0.2) is 9.18 Å². The molecule has 6 nitrogen and oxygen atoms in total. The van der Waals surface area contributed by atoms with E-state index in [0.717, 1.165) is 0 Å². The smallest absolute Gasteiger partial charge is 0.341 e. The van der Waals surface area contributed by atoms with Crippen molar-refractivity contribution in [2.24, 2.45) is 0 Å². The second kappa shape index (κ2) is 7.43. The summed E-state index contributed by atoms with van der Waals surface area (Å²) in [5.41, 5.74) is 0.461. The Bertz CT molecular complexity index is 913. The molecule has 0 aliphatic carbocycles.